The number of carbonyl (C=O) groups is 1. The van der Waals surface area contributed by atoms with E-state index in [9.17, 15) is 13.6 Å². The van der Waals surface area contributed by atoms with Crippen LogP contribution in [-0.4, -0.2) is 54.9 Å². The summed E-state index contributed by atoms with van der Waals surface area (Å²) in [7, 11) is 0. The smallest absolute Gasteiger partial charge is 0.264 e. The highest BCUT2D eigenvalue weighted by Crippen LogP contribution is 2.30. The number of thiophene rings is 1. The maximum absolute atomic E-state index is 12.8. The maximum atomic E-state index is 12.8. The third kappa shape index (κ3) is 3.82. The summed E-state index contributed by atoms with van der Waals surface area (Å²) in [6, 6.07) is 10.1. The predicted octanol–water partition coefficient (Wildman–Crippen LogP) is 3.75. The van der Waals surface area contributed by atoms with Crippen molar-refractivity contribution in [2.75, 3.05) is 32.7 Å². The lowest BCUT2D eigenvalue weighted by atomic mass is 10.0. The Morgan fingerprint density at radius 1 is 1.12 bits per heavy atom. The molecule has 3 rings (SSSR count). The molecule has 0 atom stereocenters. The van der Waals surface area contributed by atoms with E-state index in [0.29, 0.717) is 26.2 Å². The van der Waals surface area contributed by atoms with E-state index in [1.54, 1.807) is 9.80 Å². The molecule has 1 aromatic carbocycles. The van der Waals surface area contributed by atoms with Gasteiger partial charge in [0.05, 0.1) is 11.4 Å². The van der Waals surface area contributed by atoms with Crippen molar-refractivity contribution in [2.24, 2.45) is 0 Å². The topological polar surface area (TPSA) is 23.6 Å². The third-order valence-electron chi connectivity index (χ3n) is 4.28. The molecule has 24 heavy (non-hydrogen) atoms. The Kier molecular flexibility index (Phi) is 5.26. The molecule has 0 N–H and O–H groups in total. The number of benzene rings is 1. The zero-order valence-corrected chi connectivity index (χ0v) is 14.4. The lowest BCUT2D eigenvalue weighted by molar-refractivity contribution is 0.0462. The zero-order chi connectivity index (χ0) is 17.1. The molecule has 0 bridgehead atoms. The Balaban J connectivity index is 1.71. The van der Waals surface area contributed by atoms with Crippen molar-refractivity contribution in [3.8, 4) is 11.1 Å². The van der Waals surface area contributed by atoms with Gasteiger partial charge in [0, 0.05) is 31.7 Å². The van der Waals surface area contributed by atoms with Gasteiger partial charge in [-0.15, -0.1) is 11.3 Å². The Morgan fingerprint density at radius 2 is 1.79 bits per heavy atom. The largest absolute Gasteiger partial charge is 0.335 e. The number of alkyl halides is 2. The van der Waals surface area contributed by atoms with Crippen LogP contribution in [0.15, 0.2) is 35.7 Å². The van der Waals surface area contributed by atoms with E-state index >= 15 is 0 Å². The summed E-state index contributed by atoms with van der Waals surface area (Å²) in [4.78, 5) is 17.0. The van der Waals surface area contributed by atoms with E-state index in [-0.39, 0.29) is 12.5 Å². The van der Waals surface area contributed by atoms with E-state index in [2.05, 4.69) is 0 Å². The van der Waals surface area contributed by atoms with Crippen LogP contribution in [0.25, 0.3) is 11.1 Å². The van der Waals surface area contributed by atoms with Gasteiger partial charge in [0.25, 0.3) is 12.3 Å². The standard InChI is InChI=1S/C18H20F2N2OS/c1-13-2-4-14(5-3-13)15-6-11-24-17(15)18(23)22-9-7-21(8-10-22)12-16(19)20/h2-6,11,16H,7-10,12H2,1H3. The molecule has 1 aromatic heterocycles. The molecule has 0 radical (unpaired) electrons. The molecular formula is C18H20F2N2OS. The monoisotopic (exact) mass is 350 g/mol. The fourth-order valence-electron chi connectivity index (χ4n) is 2.91. The highest BCUT2D eigenvalue weighted by Gasteiger charge is 2.26. The number of hydrogen-bond donors (Lipinski definition) is 0. The van der Waals surface area contributed by atoms with Crippen LogP contribution < -0.4 is 0 Å². The Hall–Kier alpha value is -1.79. The molecule has 2 aromatic rings. The minimum absolute atomic E-state index is 0.00253. The molecule has 1 amide bonds. The van der Waals surface area contributed by atoms with Gasteiger partial charge in [0.1, 0.15) is 0 Å². The molecule has 0 unspecified atom stereocenters. The molecular weight excluding hydrogens is 330 g/mol. The number of nitrogens with zero attached hydrogens (tertiary/aromatic N) is 2. The fraction of sp³-hybridized carbons (Fsp3) is 0.389. The summed E-state index contributed by atoms with van der Waals surface area (Å²) in [6.45, 7) is 3.81. The van der Waals surface area contributed by atoms with Gasteiger partial charge < -0.3 is 4.90 Å². The summed E-state index contributed by atoms with van der Waals surface area (Å²) in [5.74, 6) is -0.00253. The molecule has 0 aliphatic carbocycles. The van der Waals surface area contributed by atoms with Gasteiger partial charge in [-0.05, 0) is 23.9 Å². The lowest BCUT2D eigenvalue weighted by Gasteiger charge is -2.34. The number of aryl methyl sites for hydroxylation is 1. The second-order valence-electron chi connectivity index (χ2n) is 6.01. The summed E-state index contributed by atoms with van der Waals surface area (Å²) in [6.07, 6.45) is -2.32. The van der Waals surface area contributed by atoms with Gasteiger partial charge in [-0.2, -0.15) is 0 Å². The second kappa shape index (κ2) is 7.40. The minimum Gasteiger partial charge on any atom is -0.335 e. The van der Waals surface area contributed by atoms with Crippen molar-refractivity contribution >= 4 is 17.2 Å². The first-order valence-electron chi connectivity index (χ1n) is 7.99. The minimum atomic E-state index is -2.32. The van der Waals surface area contributed by atoms with Crippen LogP contribution in [0.1, 0.15) is 15.2 Å². The predicted molar refractivity (Wildman–Crippen MR) is 92.8 cm³/mol. The number of hydrogen-bond acceptors (Lipinski definition) is 3. The van der Waals surface area contributed by atoms with E-state index in [4.69, 9.17) is 0 Å². The Labute approximate surface area is 144 Å². The first-order valence-corrected chi connectivity index (χ1v) is 8.87. The Bertz CT molecular complexity index is 691. The van der Waals surface area contributed by atoms with Crippen molar-refractivity contribution in [1.82, 2.24) is 9.80 Å². The van der Waals surface area contributed by atoms with Crippen LogP contribution in [0.5, 0.6) is 0 Å². The summed E-state index contributed by atoms with van der Waals surface area (Å²) in [5, 5.41) is 1.93. The van der Waals surface area contributed by atoms with E-state index in [1.165, 1.54) is 16.9 Å². The van der Waals surface area contributed by atoms with Crippen LogP contribution in [0.2, 0.25) is 0 Å². The van der Waals surface area contributed by atoms with Gasteiger partial charge in [-0.25, -0.2) is 8.78 Å². The van der Waals surface area contributed by atoms with Crippen LogP contribution in [0, 0.1) is 6.92 Å². The lowest BCUT2D eigenvalue weighted by Crippen LogP contribution is -2.49. The van der Waals surface area contributed by atoms with Gasteiger partial charge in [-0.1, -0.05) is 29.8 Å². The van der Waals surface area contributed by atoms with Gasteiger partial charge in [-0.3, -0.25) is 9.69 Å². The van der Waals surface area contributed by atoms with Crippen LogP contribution >= 0.6 is 11.3 Å². The van der Waals surface area contributed by atoms with Crippen molar-refractivity contribution < 1.29 is 13.6 Å². The molecule has 0 spiro atoms. The molecule has 0 saturated carbocycles. The number of rotatable bonds is 4. The average Bonchev–Trinajstić information content (AvgIpc) is 3.04. The normalized spacial score (nSPS) is 15.9. The zero-order valence-electron chi connectivity index (χ0n) is 13.5. The van der Waals surface area contributed by atoms with Crippen molar-refractivity contribution in [3.63, 3.8) is 0 Å². The van der Waals surface area contributed by atoms with Crippen molar-refractivity contribution in [3.05, 3.63) is 46.2 Å². The molecule has 1 saturated heterocycles. The van der Waals surface area contributed by atoms with Gasteiger partial charge >= 0.3 is 0 Å². The number of halogens is 2. The first kappa shape index (κ1) is 17.0. The van der Waals surface area contributed by atoms with Crippen LogP contribution in [0.4, 0.5) is 8.78 Å². The molecule has 6 heteroatoms. The summed E-state index contributed by atoms with van der Waals surface area (Å²) < 4.78 is 24.9. The highest BCUT2D eigenvalue weighted by atomic mass is 32.1. The quantitative estimate of drug-likeness (QED) is 0.838. The van der Waals surface area contributed by atoms with E-state index in [1.807, 2.05) is 42.6 Å². The SMILES string of the molecule is Cc1ccc(-c2ccsc2C(=O)N2CCN(CC(F)F)CC2)cc1. The molecule has 2 heterocycles. The molecule has 3 nitrogen and oxygen atoms in total. The van der Waals surface area contributed by atoms with Crippen LogP contribution in [0.3, 0.4) is 0 Å². The maximum Gasteiger partial charge on any atom is 0.264 e. The average molecular weight is 350 g/mol. The van der Waals surface area contributed by atoms with E-state index < -0.39 is 6.43 Å². The Morgan fingerprint density at radius 3 is 2.42 bits per heavy atom. The molecule has 1 aliphatic heterocycles. The molecule has 1 aliphatic rings. The van der Waals surface area contributed by atoms with Crippen molar-refractivity contribution in [2.45, 2.75) is 13.3 Å². The van der Waals surface area contributed by atoms with Crippen LogP contribution in [-0.2, 0) is 0 Å². The number of carbonyl (C=O) groups excluding carboxylic acids is 1. The number of amides is 1. The van der Waals surface area contributed by atoms with E-state index in [0.717, 1.165) is 16.0 Å². The highest BCUT2D eigenvalue weighted by molar-refractivity contribution is 7.12. The summed E-state index contributed by atoms with van der Waals surface area (Å²) >= 11 is 1.44. The van der Waals surface area contributed by atoms with Gasteiger partial charge in [0.15, 0.2) is 0 Å². The summed E-state index contributed by atoms with van der Waals surface area (Å²) in [5.41, 5.74) is 3.15. The first-order chi connectivity index (χ1) is 11.5. The third-order valence-corrected chi connectivity index (χ3v) is 5.18. The second-order valence-corrected chi connectivity index (χ2v) is 6.93. The van der Waals surface area contributed by atoms with Gasteiger partial charge in [0.2, 0.25) is 0 Å². The number of piperazine rings is 1. The molecule has 128 valence electrons. The van der Waals surface area contributed by atoms with Crippen molar-refractivity contribution in [1.29, 1.82) is 0 Å². The fourth-order valence-corrected chi connectivity index (χ4v) is 3.79. The molecule has 1 fully saturated rings.